The third-order valence-electron chi connectivity index (χ3n) is 1.83. The van der Waals surface area contributed by atoms with Gasteiger partial charge in [0.1, 0.15) is 0 Å². The fraction of sp³-hybridized carbons (Fsp3) is 0.875. The van der Waals surface area contributed by atoms with E-state index in [0.717, 1.165) is 19.3 Å². The van der Waals surface area contributed by atoms with Crippen LogP contribution in [0.3, 0.4) is 0 Å². The van der Waals surface area contributed by atoms with Crippen LogP contribution in [0.4, 0.5) is 0 Å². The Morgan fingerprint density at radius 2 is 2.50 bits per heavy atom. The Balaban J connectivity index is 2.33. The molecule has 58 valence electrons. The molecule has 1 N–H and O–H groups in total. The average Bonchev–Trinajstić information content (AvgIpc) is 1.95. The highest BCUT2D eigenvalue weighted by atomic mass is 16.3. The van der Waals surface area contributed by atoms with Gasteiger partial charge in [0.15, 0.2) is 0 Å². The van der Waals surface area contributed by atoms with Gasteiger partial charge in [0.05, 0.1) is 12.6 Å². The Morgan fingerprint density at radius 3 is 3.00 bits per heavy atom. The zero-order valence-corrected chi connectivity index (χ0v) is 6.51. The van der Waals surface area contributed by atoms with E-state index in [2.05, 4.69) is 11.9 Å². The van der Waals surface area contributed by atoms with Crippen LogP contribution in [-0.2, 0) is 0 Å². The summed E-state index contributed by atoms with van der Waals surface area (Å²) >= 11 is 0. The zero-order valence-electron chi connectivity index (χ0n) is 6.51. The Labute approximate surface area is 62.0 Å². The lowest BCUT2D eigenvalue weighted by atomic mass is 10.0. The van der Waals surface area contributed by atoms with Crippen LogP contribution in [0, 0.1) is 0 Å². The third-order valence-corrected chi connectivity index (χ3v) is 1.83. The highest BCUT2D eigenvalue weighted by Crippen LogP contribution is 2.10. The molecule has 10 heavy (non-hydrogen) atoms. The fourth-order valence-electron chi connectivity index (χ4n) is 1.23. The van der Waals surface area contributed by atoms with Crippen LogP contribution in [0.2, 0.25) is 0 Å². The van der Waals surface area contributed by atoms with E-state index < -0.39 is 0 Å². The molecule has 1 unspecified atom stereocenters. The van der Waals surface area contributed by atoms with Crippen LogP contribution in [0.1, 0.15) is 32.6 Å². The van der Waals surface area contributed by atoms with E-state index in [-0.39, 0.29) is 6.10 Å². The predicted octanol–water partition coefficient (Wildman–Crippen LogP) is 1.38. The number of hydrogen-bond donors (Lipinski definition) is 1. The van der Waals surface area contributed by atoms with Gasteiger partial charge in [0.25, 0.3) is 0 Å². The van der Waals surface area contributed by atoms with Crippen LogP contribution in [-0.4, -0.2) is 23.5 Å². The van der Waals surface area contributed by atoms with Gasteiger partial charge in [0.2, 0.25) is 0 Å². The largest absolute Gasteiger partial charge is 0.391 e. The van der Waals surface area contributed by atoms with Gasteiger partial charge in [-0.2, -0.15) is 0 Å². The number of nitrogens with zero attached hydrogens (tertiary/aromatic N) is 1. The molecule has 0 radical (unpaired) electrons. The highest BCUT2D eigenvalue weighted by molar-refractivity contribution is 5.84. The molecule has 0 fully saturated rings. The maximum absolute atomic E-state index is 9.09. The first-order chi connectivity index (χ1) is 4.83. The van der Waals surface area contributed by atoms with Crippen molar-refractivity contribution in [3.05, 3.63) is 0 Å². The molecule has 0 amide bonds. The molecule has 0 aromatic rings. The number of rotatable bonds is 2. The summed E-state index contributed by atoms with van der Waals surface area (Å²) < 4.78 is 0. The second kappa shape index (κ2) is 3.71. The van der Waals surface area contributed by atoms with Crippen LogP contribution in [0.15, 0.2) is 4.99 Å². The molecule has 1 atom stereocenters. The maximum Gasteiger partial charge on any atom is 0.0738 e. The average molecular weight is 141 g/mol. The van der Waals surface area contributed by atoms with Crippen LogP contribution in [0.5, 0.6) is 0 Å². The van der Waals surface area contributed by atoms with Crippen molar-refractivity contribution >= 4 is 5.71 Å². The molecule has 0 saturated carbocycles. The highest BCUT2D eigenvalue weighted by Gasteiger charge is 2.10. The van der Waals surface area contributed by atoms with Crippen molar-refractivity contribution in [3.8, 4) is 0 Å². The van der Waals surface area contributed by atoms with Crippen LogP contribution < -0.4 is 0 Å². The Kier molecular flexibility index (Phi) is 2.87. The van der Waals surface area contributed by atoms with Gasteiger partial charge in [-0.05, 0) is 19.3 Å². The third kappa shape index (κ3) is 2.10. The lowest BCUT2D eigenvalue weighted by Gasteiger charge is -2.15. The summed E-state index contributed by atoms with van der Waals surface area (Å²) in [7, 11) is 0. The lowest BCUT2D eigenvalue weighted by Crippen LogP contribution is -2.19. The molecule has 2 nitrogen and oxygen atoms in total. The van der Waals surface area contributed by atoms with Gasteiger partial charge in [0, 0.05) is 5.71 Å². The van der Waals surface area contributed by atoms with Gasteiger partial charge < -0.3 is 5.11 Å². The molecule has 2 heteroatoms. The van der Waals surface area contributed by atoms with Crippen LogP contribution >= 0.6 is 0 Å². The minimum atomic E-state index is -0.166. The molecule has 0 aromatic carbocycles. The second-order valence-electron chi connectivity index (χ2n) is 2.85. The lowest BCUT2D eigenvalue weighted by molar-refractivity contribution is 0.171. The molecule has 0 bridgehead atoms. The molecule has 0 saturated heterocycles. The van der Waals surface area contributed by atoms with Crippen molar-refractivity contribution in [1.82, 2.24) is 0 Å². The maximum atomic E-state index is 9.09. The van der Waals surface area contributed by atoms with E-state index in [1.54, 1.807) is 0 Å². The monoisotopic (exact) mass is 141 g/mol. The van der Waals surface area contributed by atoms with Crippen LogP contribution in [0.25, 0.3) is 0 Å². The number of aliphatic hydroxyl groups excluding tert-OH is 1. The molecule has 1 aliphatic heterocycles. The van der Waals surface area contributed by atoms with Gasteiger partial charge in [-0.1, -0.05) is 13.3 Å². The van der Waals surface area contributed by atoms with Crippen molar-refractivity contribution in [2.75, 3.05) is 6.54 Å². The first-order valence-electron chi connectivity index (χ1n) is 4.03. The van der Waals surface area contributed by atoms with Crippen molar-refractivity contribution in [1.29, 1.82) is 0 Å². The van der Waals surface area contributed by atoms with Gasteiger partial charge in [-0.25, -0.2) is 0 Å². The summed E-state index contributed by atoms with van der Waals surface area (Å²) in [6, 6.07) is 0. The van der Waals surface area contributed by atoms with Crippen molar-refractivity contribution in [3.63, 3.8) is 0 Å². The minimum Gasteiger partial charge on any atom is -0.391 e. The summed E-state index contributed by atoms with van der Waals surface area (Å²) in [5.41, 5.74) is 1.30. The van der Waals surface area contributed by atoms with Gasteiger partial charge >= 0.3 is 0 Å². The smallest absolute Gasteiger partial charge is 0.0738 e. The normalized spacial score (nSPS) is 26.2. The molecular formula is C8H15NO. The van der Waals surface area contributed by atoms with E-state index in [9.17, 15) is 0 Å². The van der Waals surface area contributed by atoms with E-state index >= 15 is 0 Å². The van der Waals surface area contributed by atoms with Crippen molar-refractivity contribution in [2.24, 2.45) is 4.99 Å². The summed E-state index contributed by atoms with van der Waals surface area (Å²) in [4.78, 5) is 4.27. The van der Waals surface area contributed by atoms with E-state index in [1.807, 2.05) is 0 Å². The summed E-state index contributed by atoms with van der Waals surface area (Å²) in [6.45, 7) is 2.79. The second-order valence-corrected chi connectivity index (χ2v) is 2.85. The molecule has 1 rings (SSSR count). The van der Waals surface area contributed by atoms with Gasteiger partial charge in [-0.3, -0.25) is 4.99 Å². The quantitative estimate of drug-likeness (QED) is 0.619. The summed E-state index contributed by atoms with van der Waals surface area (Å²) in [5, 5.41) is 9.09. The molecule has 0 aromatic heterocycles. The first-order valence-corrected chi connectivity index (χ1v) is 4.03. The zero-order chi connectivity index (χ0) is 7.40. The molecule has 1 aliphatic rings. The van der Waals surface area contributed by atoms with E-state index in [1.165, 1.54) is 12.1 Å². The Morgan fingerprint density at radius 1 is 1.70 bits per heavy atom. The fourth-order valence-corrected chi connectivity index (χ4v) is 1.23. The number of aliphatic imine (C=N–C) groups is 1. The minimum absolute atomic E-state index is 0.166. The molecule has 0 spiro atoms. The summed E-state index contributed by atoms with van der Waals surface area (Å²) in [5.74, 6) is 0. The SMILES string of the molecule is CCCC1=NCC(O)CC1. The number of hydrogen-bond acceptors (Lipinski definition) is 2. The first kappa shape index (κ1) is 7.73. The molecule has 1 heterocycles. The van der Waals surface area contributed by atoms with E-state index in [0.29, 0.717) is 6.54 Å². The Hall–Kier alpha value is -0.370. The molecule has 0 aliphatic carbocycles. The molecular weight excluding hydrogens is 126 g/mol. The predicted molar refractivity (Wildman–Crippen MR) is 42.5 cm³/mol. The van der Waals surface area contributed by atoms with Crippen molar-refractivity contribution < 1.29 is 5.11 Å². The van der Waals surface area contributed by atoms with E-state index in [4.69, 9.17) is 5.11 Å². The number of aliphatic hydroxyl groups is 1. The standard InChI is InChI=1S/C8H15NO/c1-2-3-7-4-5-8(10)6-9-7/h8,10H,2-6H2,1H3. The van der Waals surface area contributed by atoms with Crippen molar-refractivity contribution in [2.45, 2.75) is 38.7 Å². The topological polar surface area (TPSA) is 32.6 Å². The summed E-state index contributed by atoms with van der Waals surface area (Å²) in [6.07, 6.45) is 4.05. The Bertz CT molecular complexity index is 131. The van der Waals surface area contributed by atoms with Gasteiger partial charge in [-0.15, -0.1) is 0 Å².